The zero-order valence-electron chi connectivity index (χ0n) is 16.7. The predicted octanol–water partition coefficient (Wildman–Crippen LogP) is 2.01. The summed E-state index contributed by atoms with van der Waals surface area (Å²) in [6.07, 6.45) is 2.53. The monoisotopic (exact) mass is 426 g/mol. The Hall–Kier alpha value is -2.19. The smallest absolute Gasteiger partial charge is 0.325 e. The van der Waals surface area contributed by atoms with Crippen molar-refractivity contribution in [2.75, 3.05) is 26.2 Å². The summed E-state index contributed by atoms with van der Waals surface area (Å²) >= 11 is 0. The topological polar surface area (TPSA) is 81.8 Å². The first-order valence-corrected chi connectivity index (χ1v) is 9.77. The van der Waals surface area contributed by atoms with Crippen LogP contribution in [0.3, 0.4) is 0 Å². The zero-order valence-corrected chi connectivity index (χ0v) is 17.6. The first-order chi connectivity index (χ1) is 13.4. The molecule has 0 aliphatic carbocycles. The van der Waals surface area contributed by atoms with E-state index in [0.29, 0.717) is 12.1 Å². The van der Waals surface area contributed by atoms with Gasteiger partial charge < -0.3 is 15.5 Å². The van der Waals surface area contributed by atoms with Crippen molar-refractivity contribution in [3.8, 4) is 0 Å². The number of benzene rings is 1. The maximum atomic E-state index is 13.2. The third-order valence-electron chi connectivity index (χ3n) is 5.52. The van der Waals surface area contributed by atoms with Crippen molar-refractivity contribution in [2.45, 2.75) is 44.7 Å². The second-order valence-electron chi connectivity index (χ2n) is 7.52. The molecule has 2 fully saturated rings. The first kappa shape index (κ1) is 23.1. The van der Waals surface area contributed by atoms with Crippen LogP contribution in [0.2, 0.25) is 0 Å². The van der Waals surface area contributed by atoms with Gasteiger partial charge in [-0.15, -0.1) is 12.4 Å². The summed E-state index contributed by atoms with van der Waals surface area (Å²) in [4.78, 5) is 41.2. The third-order valence-corrected chi connectivity index (χ3v) is 5.52. The van der Waals surface area contributed by atoms with Crippen LogP contribution in [0, 0.1) is 5.82 Å². The number of carbonyl (C=O) groups is 3. The van der Waals surface area contributed by atoms with Gasteiger partial charge in [-0.3, -0.25) is 14.5 Å². The van der Waals surface area contributed by atoms with E-state index in [-0.39, 0.29) is 30.9 Å². The molecule has 4 amide bonds. The molecule has 2 saturated heterocycles. The highest BCUT2D eigenvalue weighted by Gasteiger charge is 2.49. The van der Waals surface area contributed by atoms with Crippen LogP contribution in [0.1, 0.15) is 38.7 Å². The Morgan fingerprint density at radius 1 is 1.24 bits per heavy atom. The van der Waals surface area contributed by atoms with Crippen molar-refractivity contribution < 1.29 is 18.8 Å². The quantitative estimate of drug-likeness (QED) is 0.682. The van der Waals surface area contributed by atoms with Gasteiger partial charge in [0.2, 0.25) is 5.91 Å². The zero-order chi connectivity index (χ0) is 20.3. The molecule has 0 saturated carbocycles. The Balaban J connectivity index is 0.00000300. The average molecular weight is 427 g/mol. The van der Waals surface area contributed by atoms with Gasteiger partial charge in [0, 0.05) is 12.6 Å². The van der Waals surface area contributed by atoms with E-state index in [1.165, 1.54) is 24.3 Å². The minimum atomic E-state index is -1.31. The van der Waals surface area contributed by atoms with Gasteiger partial charge in [-0.1, -0.05) is 19.1 Å². The van der Waals surface area contributed by atoms with Crippen molar-refractivity contribution in [3.05, 3.63) is 35.6 Å². The van der Waals surface area contributed by atoms with Crippen molar-refractivity contribution >= 4 is 30.3 Å². The fraction of sp³-hybridized carbons (Fsp3) is 0.550. The van der Waals surface area contributed by atoms with E-state index in [0.717, 1.165) is 37.3 Å². The summed E-state index contributed by atoms with van der Waals surface area (Å²) in [6, 6.07) is 4.95. The summed E-state index contributed by atoms with van der Waals surface area (Å²) in [7, 11) is 0. The van der Waals surface area contributed by atoms with Gasteiger partial charge in [0.05, 0.1) is 0 Å². The Bertz CT molecular complexity index is 755. The average Bonchev–Trinajstić information content (AvgIpc) is 2.91. The van der Waals surface area contributed by atoms with E-state index < -0.39 is 23.3 Å². The molecule has 2 heterocycles. The molecule has 29 heavy (non-hydrogen) atoms. The summed E-state index contributed by atoms with van der Waals surface area (Å²) in [5.74, 6) is -1.15. The van der Waals surface area contributed by atoms with E-state index in [9.17, 15) is 18.8 Å². The molecule has 2 aliphatic rings. The molecule has 3 rings (SSSR count). The van der Waals surface area contributed by atoms with E-state index in [1.807, 2.05) is 6.92 Å². The highest BCUT2D eigenvalue weighted by molar-refractivity contribution is 6.09. The predicted molar refractivity (Wildman–Crippen MR) is 109 cm³/mol. The highest BCUT2D eigenvalue weighted by Crippen LogP contribution is 2.29. The molecule has 2 N–H and O–H groups in total. The second-order valence-corrected chi connectivity index (χ2v) is 7.52. The lowest BCUT2D eigenvalue weighted by Crippen LogP contribution is -2.50. The maximum Gasteiger partial charge on any atom is 0.325 e. The van der Waals surface area contributed by atoms with Gasteiger partial charge in [0.15, 0.2) is 0 Å². The van der Waals surface area contributed by atoms with Gasteiger partial charge >= 0.3 is 6.03 Å². The number of piperidine rings is 1. The van der Waals surface area contributed by atoms with Gasteiger partial charge in [-0.25, -0.2) is 9.18 Å². The normalized spacial score (nSPS) is 22.2. The molecule has 0 aromatic heterocycles. The van der Waals surface area contributed by atoms with E-state index in [2.05, 4.69) is 10.6 Å². The molecule has 7 nitrogen and oxygen atoms in total. The van der Waals surface area contributed by atoms with Gasteiger partial charge in [0.1, 0.15) is 17.9 Å². The number of nitrogens with one attached hydrogen (secondary N) is 2. The molecule has 9 heteroatoms. The Kier molecular flexibility index (Phi) is 7.60. The van der Waals surface area contributed by atoms with E-state index in [4.69, 9.17) is 0 Å². The van der Waals surface area contributed by atoms with E-state index in [1.54, 1.807) is 11.8 Å². The van der Waals surface area contributed by atoms with Crippen LogP contribution in [0.5, 0.6) is 0 Å². The first-order valence-electron chi connectivity index (χ1n) is 9.77. The minimum absolute atomic E-state index is 0. The molecule has 2 aliphatic heterocycles. The second kappa shape index (κ2) is 9.54. The number of imide groups is 1. The number of carbonyl (C=O) groups excluding carboxylic acids is 3. The van der Waals surface area contributed by atoms with Gasteiger partial charge in [0.25, 0.3) is 5.91 Å². The molecule has 0 spiro atoms. The Labute approximate surface area is 176 Å². The van der Waals surface area contributed by atoms with Crippen LogP contribution in [0.25, 0.3) is 0 Å². The number of hydrogen-bond donors (Lipinski definition) is 2. The van der Waals surface area contributed by atoms with Crippen LogP contribution in [-0.4, -0.2) is 59.9 Å². The number of hydrogen-bond acceptors (Lipinski definition) is 4. The fourth-order valence-electron chi connectivity index (χ4n) is 3.92. The molecule has 0 bridgehead atoms. The molecular formula is C20H28ClFN4O3. The lowest BCUT2D eigenvalue weighted by atomic mass is 9.92. The molecule has 1 unspecified atom stereocenters. The van der Waals surface area contributed by atoms with Crippen molar-refractivity contribution in [3.63, 3.8) is 0 Å². The molecule has 1 aromatic carbocycles. The van der Waals surface area contributed by atoms with Crippen LogP contribution >= 0.6 is 12.4 Å². The largest absolute Gasteiger partial charge is 0.338 e. The molecular weight excluding hydrogens is 399 g/mol. The van der Waals surface area contributed by atoms with Crippen LogP contribution in [0.4, 0.5) is 9.18 Å². The Morgan fingerprint density at radius 2 is 1.86 bits per heavy atom. The Morgan fingerprint density at radius 3 is 2.45 bits per heavy atom. The summed E-state index contributed by atoms with van der Waals surface area (Å²) in [5, 5.41) is 5.93. The molecule has 1 aromatic rings. The number of halogens is 2. The van der Waals surface area contributed by atoms with Crippen molar-refractivity contribution in [1.82, 2.24) is 20.4 Å². The number of nitrogens with zero attached hydrogens (tertiary/aromatic N) is 2. The van der Waals surface area contributed by atoms with Crippen LogP contribution < -0.4 is 10.6 Å². The standard InChI is InChI=1S/C20H27FN4O3.ClH/c1-3-12-24(16-8-10-22-11-9-16)17(26)13-25-18(27)20(2,23-19(25)28)14-4-6-15(21)7-5-14;/h4-7,16,22H,3,8-13H2,1-2H3,(H,23,28);1H. The van der Waals surface area contributed by atoms with Crippen LogP contribution in [0.15, 0.2) is 24.3 Å². The lowest BCUT2D eigenvalue weighted by molar-refractivity contribution is -0.140. The van der Waals surface area contributed by atoms with Crippen molar-refractivity contribution in [1.29, 1.82) is 0 Å². The lowest BCUT2D eigenvalue weighted by Gasteiger charge is -2.35. The molecule has 0 radical (unpaired) electrons. The highest BCUT2D eigenvalue weighted by atomic mass is 35.5. The number of rotatable bonds is 6. The summed E-state index contributed by atoms with van der Waals surface area (Å²) < 4.78 is 13.2. The number of amides is 4. The van der Waals surface area contributed by atoms with Crippen LogP contribution in [-0.2, 0) is 15.1 Å². The summed E-state index contributed by atoms with van der Waals surface area (Å²) in [5.41, 5.74) is -0.832. The maximum absolute atomic E-state index is 13.2. The van der Waals surface area contributed by atoms with E-state index >= 15 is 0 Å². The fourth-order valence-corrected chi connectivity index (χ4v) is 3.92. The van der Waals surface area contributed by atoms with Crippen molar-refractivity contribution in [2.24, 2.45) is 0 Å². The number of urea groups is 1. The molecule has 1 atom stereocenters. The van der Waals surface area contributed by atoms with Gasteiger partial charge in [-0.05, 0) is 57.0 Å². The minimum Gasteiger partial charge on any atom is -0.338 e. The SMILES string of the molecule is CCCN(C(=O)CN1C(=O)NC(C)(c2ccc(F)cc2)C1=O)C1CCNCC1.Cl. The summed E-state index contributed by atoms with van der Waals surface area (Å²) in [6.45, 7) is 5.59. The van der Waals surface area contributed by atoms with Gasteiger partial charge in [-0.2, -0.15) is 0 Å². The molecule has 160 valence electrons. The third kappa shape index (κ3) is 4.70.